The lowest BCUT2D eigenvalue weighted by atomic mass is 10.1. The molecule has 2 aromatic rings. The van der Waals surface area contributed by atoms with Gasteiger partial charge in [0.25, 0.3) is 0 Å². The van der Waals surface area contributed by atoms with Crippen molar-refractivity contribution in [3.8, 4) is 5.75 Å². The predicted molar refractivity (Wildman–Crippen MR) is 87.9 cm³/mol. The highest BCUT2D eigenvalue weighted by molar-refractivity contribution is 6.36. The van der Waals surface area contributed by atoms with Gasteiger partial charge in [-0.05, 0) is 29.8 Å². The summed E-state index contributed by atoms with van der Waals surface area (Å²) in [5.41, 5.74) is 9.66. The van der Waals surface area contributed by atoms with Crippen molar-refractivity contribution < 1.29 is 9.13 Å². The van der Waals surface area contributed by atoms with Crippen LogP contribution in [0, 0.1) is 5.82 Å². The van der Waals surface area contributed by atoms with Gasteiger partial charge in [-0.15, -0.1) is 5.73 Å². The molecule has 2 rings (SSSR count). The zero-order chi connectivity index (χ0) is 16.1. The molecule has 0 aliphatic heterocycles. The minimum Gasteiger partial charge on any atom is -0.489 e. The van der Waals surface area contributed by atoms with Crippen molar-refractivity contribution in [3.63, 3.8) is 0 Å². The number of benzene rings is 1. The second-order valence-electron chi connectivity index (χ2n) is 4.42. The van der Waals surface area contributed by atoms with Crippen LogP contribution in [0.25, 0.3) is 6.08 Å². The lowest BCUT2D eigenvalue weighted by Crippen LogP contribution is -2.06. The molecule has 6 heteroatoms. The van der Waals surface area contributed by atoms with Crippen LogP contribution < -0.4 is 10.5 Å². The number of hydrogen-bond acceptors (Lipinski definition) is 3. The Bertz CT molecular complexity index is 743. The fourth-order valence-electron chi connectivity index (χ4n) is 1.84. The molecule has 0 bridgehead atoms. The minimum absolute atomic E-state index is 0.00513. The van der Waals surface area contributed by atoms with Crippen molar-refractivity contribution in [1.29, 1.82) is 0 Å². The summed E-state index contributed by atoms with van der Waals surface area (Å²) < 4.78 is 19.0. The third kappa shape index (κ3) is 3.80. The van der Waals surface area contributed by atoms with E-state index in [2.05, 4.69) is 17.3 Å². The molecule has 0 atom stereocenters. The molecule has 0 saturated carbocycles. The van der Waals surface area contributed by atoms with Crippen molar-refractivity contribution >= 4 is 35.1 Å². The molecule has 0 aliphatic rings. The second kappa shape index (κ2) is 7.32. The summed E-state index contributed by atoms with van der Waals surface area (Å²) in [6, 6.07) is 4.40. The van der Waals surface area contributed by atoms with E-state index in [1.54, 1.807) is 18.3 Å². The molecule has 2 N–H and O–H groups in total. The molecule has 0 aliphatic carbocycles. The third-order valence-corrected chi connectivity index (χ3v) is 3.68. The number of nitrogens with two attached hydrogens (primary N) is 1. The SMILES string of the molecule is C=C=Cc1cnc(N)c(OCCc2c(Cl)ccc(F)c2Cl)c1. The summed E-state index contributed by atoms with van der Waals surface area (Å²) in [7, 11) is 0. The monoisotopic (exact) mass is 338 g/mol. The summed E-state index contributed by atoms with van der Waals surface area (Å²) in [6.07, 6.45) is 3.58. The van der Waals surface area contributed by atoms with Gasteiger partial charge in [0.1, 0.15) is 5.82 Å². The molecular weight excluding hydrogens is 326 g/mol. The molecule has 0 amide bonds. The van der Waals surface area contributed by atoms with Crippen LogP contribution in [-0.2, 0) is 6.42 Å². The van der Waals surface area contributed by atoms with E-state index in [-0.39, 0.29) is 17.4 Å². The van der Waals surface area contributed by atoms with Gasteiger partial charge in [-0.25, -0.2) is 9.37 Å². The first-order chi connectivity index (χ1) is 10.5. The molecule has 0 unspecified atom stereocenters. The molecule has 114 valence electrons. The van der Waals surface area contributed by atoms with Crippen molar-refractivity contribution in [2.45, 2.75) is 6.42 Å². The van der Waals surface area contributed by atoms with Crippen molar-refractivity contribution in [2.24, 2.45) is 0 Å². The molecule has 0 spiro atoms. The topological polar surface area (TPSA) is 48.1 Å². The van der Waals surface area contributed by atoms with Crippen LogP contribution in [0.4, 0.5) is 10.2 Å². The normalized spacial score (nSPS) is 10.1. The largest absolute Gasteiger partial charge is 0.489 e. The van der Waals surface area contributed by atoms with E-state index in [9.17, 15) is 4.39 Å². The average Bonchev–Trinajstić information content (AvgIpc) is 2.50. The standard InChI is InChI=1S/C16H13Cl2FN2O/c1-2-3-10-8-14(16(20)21-9-10)22-7-6-11-12(17)4-5-13(19)15(11)18/h3-5,8-9H,1,6-7H2,(H2,20,21). The molecule has 3 nitrogen and oxygen atoms in total. The van der Waals surface area contributed by atoms with E-state index in [0.29, 0.717) is 22.8 Å². The van der Waals surface area contributed by atoms with Crippen LogP contribution in [0.5, 0.6) is 5.75 Å². The van der Waals surface area contributed by atoms with E-state index >= 15 is 0 Å². The minimum atomic E-state index is -0.514. The summed E-state index contributed by atoms with van der Waals surface area (Å²) in [5.74, 6) is 0.172. The van der Waals surface area contributed by atoms with Crippen LogP contribution in [0.3, 0.4) is 0 Å². The van der Waals surface area contributed by atoms with E-state index < -0.39 is 5.82 Å². The van der Waals surface area contributed by atoms with Crippen molar-refractivity contribution in [3.05, 3.63) is 63.7 Å². The zero-order valence-corrected chi connectivity index (χ0v) is 13.1. The molecular formula is C16H13Cl2FN2O. The van der Waals surface area contributed by atoms with E-state index in [1.807, 2.05) is 0 Å². The highest BCUT2D eigenvalue weighted by Crippen LogP contribution is 2.28. The quantitative estimate of drug-likeness (QED) is 0.643. The van der Waals surface area contributed by atoms with Gasteiger partial charge in [-0.2, -0.15) is 0 Å². The molecule has 1 aromatic heterocycles. The van der Waals surface area contributed by atoms with Gasteiger partial charge in [0.2, 0.25) is 0 Å². The summed E-state index contributed by atoms with van der Waals surface area (Å²) in [5, 5.41) is 0.398. The number of anilines is 1. The highest BCUT2D eigenvalue weighted by atomic mass is 35.5. The molecule has 0 saturated heterocycles. The Morgan fingerprint density at radius 1 is 1.41 bits per heavy atom. The van der Waals surface area contributed by atoms with Gasteiger partial charge in [0.05, 0.1) is 11.6 Å². The maximum Gasteiger partial charge on any atom is 0.166 e. The van der Waals surface area contributed by atoms with Gasteiger partial charge in [0.15, 0.2) is 11.6 Å². The van der Waals surface area contributed by atoms with E-state index in [1.165, 1.54) is 12.1 Å². The zero-order valence-electron chi connectivity index (χ0n) is 11.6. The maximum atomic E-state index is 13.4. The molecule has 1 heterocycles. The predicted octanol–water partition coefficient (Wildman–Crippen LogP) is 4.53. The van der Waals surface area contributed by atoms with E-state index in [0.717, 1.165) is 5.56 Å². The third-order valence-electron chi connectivity index (χ3n) is 2.92. The maximum absolute atomic E-state index is 13.4. The Balaban J connectivity index is 2.10. The first-order valence-electron chi connectivity index (χ1n) is 6.39. The van der Waals surface area contributed by atoms with Crippen LogP contribution in [0.1, 0.15) is 11.1 Å². The van der Waals surface area contributed by atoms with Crippen LogP contribution in [0.15, 0.2) is 36.7 Å². The summed E-state index contributed by atoms with van der Waals surface area (Å²) in [6.45, 7) is 3.72. The number of ether oxygens (including phenoxy) is 1. The lowest BCUT2D eigenvalue weighted by molar-refractivity contribution is 0.322. The summed E-state index contributed by atoms with van der Waals surface area (Å²) in [4.78, 5) is 4.01. The van der Waals surface area contributed by atoms with Crippen molar-refractivity contribution in [2.75, 3.05) is 12.3 Å². The van der Waals surface area contributed by atoms with E-state index in [4.69, 9.17) is 33.7 Å². The Morgan fingerprint density at radius 2 is 2.18 bits per heavy atom. The van der Waals surface area contributed by atoms with Crippen LogP contribution >= 0.6 is 23.2 Å². The first kappa shape index (κ1) is 16.4. The summed E-state index contributed by atoms with van der Waals surface area (Å²) >= 11 is 11.9. The molecule has 1 aromatic carbocycles. The molecule has 0 fully saturated rings. The number of hydrogen-bond donors (Lipinski definition) is 1. The first-order valence-corrected chi connectivity index (χ1v) is 7.15. The average molecular weight is 339 g/mol. The number of pyridine rings is 1. The Labute approximate surface area is 137 Å². The second-order valence-corrected chi connectivity index (χ2v) is 5.21. The Morgan fingerprint density at radius 3 is 2.91 bits per heavy atom. The van der Waals surface area contributed by atoms with Gasteiger partial charge in [0, 0.05) is 23.2 Å². The Hall–Kier alpha value is -2.00. The fraction of sp³-hybridized carbons (Fsp3) is 0.125. The number of rotatable bonds is 5. The van der Waals surface area contributed by atoms with Gasteiger partial charge in [-0.3, -0.25) is 0 Å². The van der Waals surface area contributed by atoms with Crippen LogP contribution in [-0.4, -0.2) is 11.6 Å². The van der Waals surface area contributed by atoms with Gasteiger partial charge < -0.3 is 10.5 Å². The number of aromatic nitrogens is 1. The number of halogens is 3. The highest BCUT2D eigenvalue weighted by Gasteiger charge is 2.11. The number of nitrogens with zero attached hydrogens (tertiary/aromatic N) is 1. The van der Waals surface area contributed by atoms with Crippen molar-refractivity contribution in [1.82, 2.24) is 4.98 Å². The molecule has 0 radical (unpaired) electrons. The molecule has 22 heavy (non-hydrogen) atoms. The Kier molecular flexibility index (Phi) is 5.45. The van der Waals surface area contributed by atoms with Crippen LogP contribution in [0.2, 0.25) is 10.0 Å². The number of nitrogen functional groups attached to an aromatic ring is 1. The fourth-order valence-corrected chi connectivity index (χ4v) is 2.40. The lowest BCUT2D eigenvalue weighted by Gasteiger charge is -2.11. The smallest absolute Gasteiger partial charge is 0.166 e. The van der Waals surface area contributed by atoms with Gasteiger partial charge >= 0.3 is 0 Å². The van der Waals surface area contributed by atoms with Gasteiger partial charge in [-0.1, -0.05) is 29.8 Å².